The number of likely N-dealkylation sites (N-methyl/N-ethyl adjacent to an activating group) is 1. The molecule has 0 aromatic carbocycles. The van der Waals surface area contributed by atoms with Gasteiger partial charge in [-0.25, -0.2) is 0 Å². The maximum atomic E-state index is 12.5. The van der Waals surface area contributed by atoms with Gasteiger partial charge in [0.2, 0.25) is 5.91 Å². The Kier molecular flexibility index (Phi) is 4.96. The highest BCUT2D eigenvalue weighted by molar-refractivity contribution is 7.10. The summed E-state index contributed by atoms with van der Waals surface area (Å²) >= 11 is 3.63. The van der Waals surface area contributed by atoms with Gasteiger partial charge in [0, 0.05) is 29.4 Å². The molecule has 1 aliphatic rings. The minimum atomic E-state index is 0.241. The first-order valence-electron chi connectivity index (χ1n) is 7.86. The van der Waals surface area contributed by atoms with Crippen LogP contribution in [0.1, 0.15) is 35.2 Å². The van der Waals surface area contributed by atoms with Gasteiger partial charge >= 0.3 is 0 Å². The number of carbonyl (C=O) groups is 1. The summed E-state index contributed by atoms with van der Waals surface area (Å²) in [6, 6.07) is 6.77. The molecule has 118 valence electrons. The number of hydrogen-bond acceptors (Lipinski definition) is 4. The topological polar surface area (TPSA) is 23.6 Å². The highest BCUT2D eigenvalue weighted by Gasteiger charge is 2.31. The predicted molar refractivity (Wildman–Crippen MR) is 93.7 cm³/mol. The summed E-state index contributed by atoms with van der Waals surface area (Å²) in [6.07, 6.45) is 1.06. The van der Waals surface area contributed by atoms with Crippen LogP contribution in [-0.4, -0.2) is 41.9 Å². The monoisotopic (exact) mass is 334 g/mol. The number of hydrogen-bond donors (Lipinski definition) is 0. The van der Waals surface area contributed by atoms with Crippen molar-refractivity contribution >= 4 is 28.6 Å². The highest BCUT2D eigenvalue weighted by atomic mass is 32.1. The van der Waals surface area contributed by atoms with Crippen molar-refractivity contribution in [1.82, 2.24) is 9.80 Å². The van der Waals surface area contributed by atoms with E-state index >= 15 is 0 Å². The van der Waals surface area contributed by atoms with Gasteiger partial charge in [-0.2, -0.15) is 0 Å². The molecule has 0 fully saturated rings. The summed E-state index contributed by atoms with van der Waals surface area (Å²) in [5, 5.41) is 4.31. The van der Waals surface area contributed by atoms with E-state index in [1.54, 1.807) is 11.3 Å². The quantitative estimate of drug-likeness (QED) is 0.834. The van der Waals surface area contributed by atoms with Crippen molar-refractivity contribution in [3.8, 4) is 0 Å². The number of amides is 1. The lowest BCUT2D eigenvalue weighted by Crippen LogP contribution is -2.44. The lowest BCUT2D eigenvalue weighted by Gasteiger charge is -2.36. The average molecular weight is 335 g/mol. The van der Waals surface area contributed by atoms with Crippen LogP contribution in [0.5, 0.6) is 0 Å². The molecule has 0 N–H and O–H groups in total. The Hall–Kier alpha value is -1.17. The van der Waals surface area contributed by atoms with Crippen LogP contribution in [0.3, 0.4) is 0 Å². The number of carbonyl (C=O) groups excluding carboxylic acids is 1. The van der Waals surface area contributed by atoms with Gasteiger partial charge in [-0.15, -0.1) is 22.7 Å². The molecule has 0 saturated carbocycles. The largest absolute Gasteiger partial charge is 0.342 e. The lowest BCUT2D eigenvalue weighted by molar-refractivity contribution is -0.132. The molecule has 0 spiro atoms. The molecule has 0 radical (unpaired) electrons. The van der Waals surface area contributed by atoms with E-state index in [0.717, 1.165) is 26.1 Å². The second-order valence-corrected chi connectivity index (χ2v) is 7.48. The van der Waals surface area contributed by atoms with Gasteiger partial charge in [-0.1, -0.05) is 6.07 Å². The van der Waals surface area contributed by atoms with Crippen LogP contribution in [0.4, 0.5) is 0 Å². The summed E-state index contributed by atoms with van der Waals surface area (Å²) in [4.78, 5) is 19.6. The predicted octanol–water partition coefficient (Wildman–Crippen LogP) is 3.63. The van der Waals surface area contributed by atoms with E-state index in [4.69, 9.17) is 0 Å². The van der Waals surface area contributed by atoms with Gasteiger partial charge in [-0.3, -0.25) is 9.69 Å². The zero-order valence-corrected chi connectivity index (χ0v) is 14.8. The SMILES string of the molecule is CCN(CC)C(=O)CN1CCc2sccc2[C@H]1c1cccs1. The first-order chi connectivity index (χ1) is 10.7. The van der Waals surface area contributed by atoms with Gasteiger partial charge in [0.25, 0.3) is 0 Å². The third-order valence-corrected chi connectivity index (χ3v) is 6.25. The zero-order valence-electron chi connectivity index (χ0n) is 13.1. The third-order valence-electron chi connectivity index (χ3n) is 4.33. The van der Waals surface area contributed by atoms with Gasteiger partial charge in [-0.05, 0) is 48.7 Å². The average Bonchev–Trinajstić information content (AvgIpc) is 3.19. The Labute approximate surface area is 140 Å². The molecule has 3 heterocycles. The molecule has 3 rings (SSSR count). The molecule has 0 aliphatic carbocycles. The van der Waals surface area contributed by atoms with Crippen molar-refractivity contribution in [2.75, 3.05) is 26.2 Å². The fourth-order valence-corrected chi connectivity index (χ4v) is 4.95. The molecular weight excluding hydrogens is 312 g/mol. The molecule has 22 heavy (non-hydrogen) atoms. The van der Waals surface area contributed by atoms with Gasteiger partial charge in [0.15, 0.2) is 0 Å². The van der Waals surface area contributed by atoms with Crippen LogP contribution in [0.15, 0.2) is 29.0 Å². The van der Waals surface area contributed by atoms with Crippen molar-refractivity contribution in [1.29, 1.82) is 0 Å². The molecule has 2 aromatic heterocycles. The number of rotatable bonds is 5. The second-order valence-electron chi connectivity index (χ2n) is 5.50. The summed E-state index contributed by atoms with van der Waals surface area (Å²) in [7, 11) is 0. The fraction of sp³-hybridized carbons (Fsp3) is 0.471. The van der Waals surface area contributed by atoms with Crippen molar-refractivity contribution < 1.29 is 4.79 Å². The smallest absolute Gasteiger partial charge is 0.236 e. The van der Waals surface area contributed by atoms with E-state index in [1.807, 2.05) is 30.1 Å². The fourth-order valence-electron chi connectivity index (χ4n) is 3.17. The molecular formula is C17H22N2OS2. The molecule has 5 heteroatoms. The van der Waals surface area contributed by atoms with Gasteiger partial charge in [0.1, 0.15) is 0 Å². The third kappa shape index (κ3) is 2.98. The van der Waals surface area contributed by atoms with Crippen LogP contribution in [0.2, 0.25) is 0 Å². The molecule has 1 atom stereocenters. The Morgan fingerprint density at radius 3 is 2.77 bits per heavy atom. The lowest BCUT2D eigenvalue weighted by atomic mass is 9.98. The molecule has 0 bridgehead atoms. The molecule has 0 saturated heterocycles. The minimum absolute atomic E-state index is 0.241. The Bertz CT molecular complexity index is 616. The van der Waals surface area contributed by atoms with Crippen LogP contribution >= 0.6 is 22.7 Å². The second kappa shape index (κ2) is 6.94. The number of nitrogens with zero attached hydrogens (tertiary/aromatic N) is 2. The molecule has 0 unspecified atom stereocenters. The van der Waals surface area contributed by atoms with Crippen molar-refractivity contribution in [2.45, 2.75) is 26.3 Å². The van der Waals surface area contributed by atoms with E-state index in [9.17, 15) is 4.79 Å². The van der Waals surface area contributed by atoms with Crippen LogP contribution < -0.4 is 0 Å². The minimum Gasteiger partial charge on any atom is -0.342 e. The summed E-state index contributed by atoms with van der Waals surface area (Å²) in [5.74, 6) is 0.241. The van der Waals surface area contributed by atoms with E-state index in [-0.39, 0.29) is 11.9 Å². The first kappa shape index (κ1) is 15.7. The maximum Gasteiger partial charge on any atom is 0.236 e. The van der Waals surface area contributed by atoms with E-state index in [1.165, 1.54) is 15.3 Å². The van der Waals surface area contributed by atoms with Crippen molar-refractivity contribution in [2.24, 2.45) is 0 Å². The highest BCUT2D eigenvalue weighted by Crippen LogP contribution is 2.39. The Morgan fingerprint density at radius 2 is 2.09 bits per heavy atom. The Balaban J connectivity index is 1.86. The van der Waals surface area contributed by atoms with E-state index < -0.39 is 0 Å². The van der Waals surface area contributed by atoms with Crippen LogP contribution in [0, 0.1) is 0 Å². The summed E-state index contributed by atoms with van der Waals surface area (Å²) in [5.41, 5.74) is 1.39. The number of fused-ring (bicyclic) bond motifs is 1. The standard InChI is InChI=1S/C17H22N2OS2/c1-3-18(4-2)16(20)12-19-9-7-14-13(8-11-22-14)17(19)15-6-5-10-21-15/h5-6,8,10-11,17H,3-4,7,9,12H2,1-2H3/t17-/m0/s1. The normalized spacial score (nSPS) is 18.2. The Morgan fingerprint density at radius 1 is 1.27 bits per heavy atom. The zero-order chi connectivity index (χ0) is 15.5. The molecule has 3 nitrogen and oxygen atoms in total. The van der Waals surface area contributed by atoms with Crippen LogP contribution in [0.25, 0.3) is 0 Å². The first-order valence-corrected chi connectivity index (χ1v) is 9.62. The van der Waals surface area contributed by atoms with Crippen molar-refractivity contribution in [3.63, 3.8) is 0 Å². The summed E-state index contributed by atoms with van der Waals surface area (Å²) < 4.78 is 0. The van der Waals surface area contributed by atoms with E-state index in [0.29, 0.717) is 6.54 Å². The number of thiophene rings is 2. The van der Waals surface area contributed by atoms with E-state index in [2.05, 4.69) is 33.9 Å². The van der Waals surface area contributed by atoms with Crippen molar-refractivity contribution in [3.05, 3.63) is 44.3 Å². The van der Waals surface area contributed by atoms with Gasteiger partial charge in [0.05, 0.1) is 12.6 Å². The molecule has 2 aromatic rings. The summed E-state index contributed by atoms with van der Waals surface area (Å²) in [6.45, 7) is 7.15. The van der Waals surface area contributed by atoms with Gasteiger partial charge < -0.3 is 4.90 Å². The molecule has 1 aliphatic heterocycles. The maximum absolute atomic E-state index is 12.5. The van der Waals surface area contributed by atoms with Crippen LogP contribution in [-0.2, 0) is 11.2 Å². The molecule has 1 amide bonds.